The van der Waals surface area contributed by atoms with Crippen molar-refractivity contribution in [2.75, 3.05) is 0 Å². The summed E-state index contributed by atoms with van der Waals surface area (Å²) in [6, 6.07) is 0. The molecule has 1 heterocycles. The fourth-order valence-corrected chi connectivity index (χ4v) is 9.63. The second-order valence-electron chi connectivity index (χ2n) is 13.4. The lowest BCUT2D eigenvalue weighted by Crippen LogP contribution is -2.51. The highest BCUT2D eigenvalue weighted by Crippen LogP contribution is 2.66. The van der Waals surface area contributed by atoms with Gasteiger partial charge >= 0.3 is 0 Å². The van der Waals surface area contributed by atoms with Crippen molar-refractivity contribution in [1.29, 1.82) is 0 Å². The van der Waals surface area contributed by atoms with Crippen LogP contribution in [0.25, 0.3) is 4.85 Å². The quantitative estimate of drug-likeness (QED) is 0.545. The van der Waals surface area contributed by atoms with Crippen molar-refractivity contribution in [3.8, 4) is 0 Å². The third-order valence-electron chi connectivity index (χ3n) is 11.1. The van der Waals surface area contributed by atoms with Crippen LogP contribution in [0.1, 0.15) is 96.6 Å². The number of hydrogen-bond acceptors (Lipinski definition) is 3. The van der Waals surface area contributed by atoms with Crippen LogP contribution >= 0.6 is 0 Å². The maximum absolute atomic E-state index is 13.7. The summed E-state index contributed by atoms with van der Waals surface area (Å²) in [6.45, 7) is 14.7. The minimum atomic E-state index is -0.464. The Hall–Kier alpha value is -1.67. The second kappa shape index (κ2) is 7.92. The molecule has 0 bridgehead atoms. The molecule has 1 N–H and O–H groups in total. The largest absolute Gasteiger partial charge is 0.390 e. The number of ketones is 1. The Labute approximate surface area is 204 Å². The molecule has 1 aromatic rings. The Bertz CT molecular complexity index is 1020. The van der Waals surface area contributed by atoms with Crippen molar-refractivity contribution in [3.63, 3.8) is 0 Å². The smallest absolute Gasteiger partial charge is 0.227 e. The number of nitrogens with zero attached hydrogens (tertiary/aromatic N) is 3. The zero-order valence-electron chi connectivity index (χ0n) is 21.2. The number of rotatable bonds is 4. The Morgan fingerprint density at radius 3 is 2.65 bits per heavy atom. The molecule has 0 aromatic carbocycles. The molecule has 0 amide bonds. The molecule has 0 radical (unpaired) electrons. The van der Waals surface area contributed by atoms with Crippen LogP contribution in [0.3, 0.4) is 0 Å². The average molecular weight is 464 g/mol. The molecule has 184 valence electrons. The molecule has 0 saturated heterocycles. The third-order valence-corrected chi connectivity index (χ3v) is 11.1. The summed E-state index contributed by atoms with van der Waals surface area (Å²) in [7, 11) is 0. The van der Waals surface area contributed by atoms with E-state index in [0.717, 1.165) is 55.6 Å². The number of carbonyl (C=O) groups is 1. The van der Waals surface area contributed by atoms with Gasteiger partial charge in [0.2, 0.25) is 5.69 Å². The van der Waals surface area contributed by atoms with Crippen molar-refractivity contribution in [1.82, 2.24) is 9.78 Å². The number of carbonyl (C=O) groups excluding carboxylic acids is 1. The van der Waals surface area contributed by atoms with E-state index in [9.17, 15) is 9.90 Å². The van der Waals surface area contributed by atoms with Crippen LogP contribution in [0.5, 0.6) is 0 Å². The van der Waals surface area contributed by atoms with Gasteiger partial charge in [-0.1, -0.05) is 13.8 Å². The van der Waals surface area contributed by atoms with Crippen molar-refractivity contribution >= 4 is 11.5 Å². The SMILES string of the molecule is [C-]#[N+]c1cn(CC(=O)[C@H]2C[C@@H](C)[C@H]3[C@@H]4CC[C@@H]5C[C@](C)(O)CC[C@@H]5[C@H]4CC[C@@]32C)nc1C1CC1. The predicted octanol–water partition coefficient (Wildman–Crippen LogP) is 6.15. The van der Waals surface area contributed by atoms with Crippen LogP contribution in [0.4, 0.5) is 5.69 Å². The van der Waals surface area contributed by atoms with Crippen LogP contribution in [0.15, 0.2) is 6.20 Å². The fraction of sp³-hybridized carbons (Fsp3) is 0.828. The van der Waals surface area contributed by atoms with E-state index >= 15 is 0 Å². The average Bonchev–Trinajstić information content (AvgIpc) is 3.49. The summed E-state index contributed by atoms with van der Waals surface area (Å²) in [5.41, 5.74) is 1.19. The van der Waals surface area contributed by atoms with E-state index in [1.54, 1.807) is 4.68 Å². The topological polar surface area (TPSA) is 59.5 Å². The van der Waals surface area contributed by atoms with E-state index in [0.29, 0.717) is 41.7 Å². The molecule has 6 rings (SSSR count). The molecule has 5 aliphatic carbocycles. The van der Waals surface area contributed by atoms with Gasteiger partial charge in [-0.2, -0.15) is 5.10 Å². The lowest BCUT2D eigenvalue weighted by molar-refractivity contribution is -0.133. The van der Waals surface area contributed by atoms with Gasteiger partial charge in [-0.25, -0.2) is 4.85 Å². The maximum Gasteiger partial charge on any atom is 0.227 e. The normalized spacial score (nSPS) is 45.7. The zero-order valence-corrected chi connectivity index (χ0v) is 21.2. The number of aliphatic hydroxyl groups is 1. The Kier molecular flexibility index (Phi) is 5.30. The summed E-state index contributed by atoms with van der Waals surface area (Å²) in [4.78, 5) is 17.4. The van der Waals surface area contributed by atoms with Gasteiger partial charge in [-0.15, -0.1) is 0 Å². The van der Waals surface area contributed by atoms with E-state index in [-0.39, 0.29) is 11.3 Å². The van der Waals surface area contributed by atoms with Gasteiger partial charge in [-0.3, -0.25) is 9.48 Å². The zero-order chi connectivity index (χ0) is 23.8. The van der Waals surface area contributed by atoms with Crippen molar-refractivity contribution in [2.45, 2.75) is 103 Å². The molecule has 0 unspecified atom stereocenters. The number of hydrogen-bond donors (Lipinski definition) is 1. The van der Waals surface area contributed by atoms with Crippen LogP contribution in [0, 0.1) is 53.4 Å². The Morgan fingerprint density at radius 2 is 1.91 bits per heavy atom. The molecular weight excluding hydrogens is 422 g/mol. The number of fused-ring (bicyclic) bond motifs is 5. The van der Waals surface area contributed by atoms with E-state index in [1.807, 2.05) is 13.1 Å². The Balaban J connectivity index is 1.20. The van der Waals surface area contributed by atoms with Crippen LogP contribution in [0.2, 0.25) is 0 Å². The maximum atomic E-state index is 13.7. The predicted molar refractivity (Wildman–Crippen MR) is 131 cm³/mol. The molecule has 34 heavy (non-hydrogen) atoms. The minimum Gasteiger partial charge on any atom is -0.390 e. The first kappa shape index (κ1) is 22.8. The molecular formula is C29H41N3O2. The molecule has 5 aliphatic rings. The first-order valence-corrected chi connectivity index (χ1v) is 13.9. The summed E-state index contributed by atoms with van der Waals surface area (Å²) in [5.74, 6) is 5.12. The highest BCUT2D eigenvalue weighted by atomic mass is 16.3. The number of Topliss-reactive ketones (excluding diaryl/α,β-unsaturated/α-hetero) is 1. The van der Waals surface area contributed by atoms with Crippen LogP contribution in [-0.4, -0.2) is 26.3 Å². The van der Waals surface area contributed by atoms with E-state index in [4.69, 9.17) is 6.57 Å². The van der Waals surface area contributed by atoms with E-state index in [2.05, 4.69) is 23.8 Å². The second-order valence-corrected chi connectivity index (χ2v) is 13.4. The van der Waals surface area contributed by atoms with Gasteiger partial charge in [0.25, 0.3) is 0 Å². The molecule has 9 atom stereocenters. The lowest BCUT2D eigenvalue weighted by Gasteiger charge is -2.57. The van der Waals surface area contributed by atoms with Crippen LogP contribution in [-0.2, 0) is 11.3 Å². The molecule has 1 aromatic heterocycles. The highest BCUT2D eigenvalue weighted by Gasteiger charge is 2.61. The summed E-state index contributed by atoms with van der Waals surface area (Å²) in [5, 5.41) is 15.4. The molecule has 5 nitrogen and oxygen atoms in total. The number of aromatic nitrogens is 2. The summed E-state index contributed by atoms with van der Waals surface area (Å²) in [6.07, 6.45) is 13.2. The lowest BCUT2D eigenvalue weighted by atomic mass is 9.48. The molecule has 5 heteroatoms. The molecule has 0 aliphatic heterocycles. The summed E-state index contributed by atoms with van der Waals surface area (Å²) >= 11 is 0. The standard InChI is InChI=1S/C29H41N3O2/c1-17-13-23(25(33)16-32-15-24(30-4)27(31-32)18-5-6-18)29(3)12-10-21-20-9-11-28(2,34)14-19(20)7-8-22(21)26(17)29/h15,17-23,26,34H,5-14,16H2,1-3H3/t17-,19-,20+,21-,22-,23-,26+,28-,29-/m1/s1. The van der Waals surface area contributed by atoms with Gasteiger partial charge in [0.15, 0.2) is 5.78 Å². The van der Waals surface area contributed by atoms with Gasteiger partial charge in [0.1, 0.15) is 0 Å². The van der Waals surface area contributed by atoms with E-state index in [1.165, 1.54) is 32.1 Å². The monoisotopic (exact) mass is 463 g/mol. The van der Waals surface area contributed by atoms with Gasteiger partial charge in [0.05, 0.1) is 24.4 Å². The van der Waals surface area contributed by atoms with Gasteiger partial charge < -0.3 is 5.11 Å². The molecule has 0 spiro atoms. The van der Waals surface area contributed by atoms with Crippen LogP contribution < -0.4 is 0 Å². The van der Waals surface area contributed by atoms with Crippen molar-refractivity contribution in [2.24, 2.45) is 46.8 Å². The third kappa shape index (κ3) is 3.58. The molecule has 5 fully saturated rings. The van der Waals surface area contributed by atoms with Crippen molar-refractivity contribution < 1.29 is 9.90 Å². The fourth-order valence-electron chi connectivity index (χ4n) is 9.63. The first-order chi connectivity index (χ1) is 16.2. The first-order valence-electron chi connectivity index (χ1n) is 13.9. The van der Waals surface area contributed by atoms with Crippen molar-refractivity contribution in [3.05, 3.63) is 23.3 Å². The van der Waals surface area contributed by atoms with Gasteiger partial charge in [-0.05, 0) is 118 Å². The molecule has 5 saturated carbocycles. The highest BCUT2D eigenvalue weighted by molar-refractivity contribution is 5.82. The van der Waals surface area contributed by atoms with E-state index < -0.39 is 5.60 Å². The Morgan fingerprint density at radius 1 is 1.15 bits per heavy atom. The summed E-state index contributed by atoms with van der Waals surface area (Å²) < 4.78 is 1.77. The van der Waals surface area contributed by atoms with Gasteiger partial charge in [0, 0.05) is 12.1 Å². The minimum absolute atomic E-state index is 0.0970.